The van der Waals surface area contributed by atoms with Gasteiger partial charge in [0, 0.05) is 18.3 Å². The number of benzene rings is 2. The minimum atomic E-state index is -0.259. The summed E-state index contributed by atoms with van der Waals surface area (Å²) in [5.74, 6) is 0.598. The second-order valence-electron chi connectivity index (χ2n) is 5.31. The van der Waals surface area contributed by atoms with Gasteiger partial charge in [0.1, 0.15) is 11.6 Å². The average Bonchev–Trinajstić information content (AvgIpc) is 2.69. The van der Waals surface area contributed by atoms with E-state index in [1.807, 2.05) is 31.2 Å². The van der Waals surface area contributed by atoms with Crippen LogP contribution in [0.25, 0.3) is 0 Å². The Hall–Kier alpha value is -2.07. The number of hydrogen-bond acceptors (Lipinski definition) is 3. The SMILES string of the molecule is C[C@H](N)c1cc(F)ccc1N1CCCOc2ccccc21. The molecule has 1 atom stereocenters. The fraction of sp³-hybridized carbons (Fsp3) is 0.294. The van der Waals surface area contributed by atoms with Crippen molar-refractivity contribution >= 4 is 11.4 Å². The second kappa shape index (κ2) is 5.74. The molecule has 0 bridgehead atoms. The zero-order valence-corrected chi connectivity index (χ0v) is 12.1. The van der Waals surface area contributed by atoms with E-state index in [2.05, 4.69) is 4.90 Å². The third-order valence-corrected chi connectivity index (χ3v) is 3.71. The summed E-state index contributed by atoms with van der Waals surface area (Å²) in [4.78, 5) is 2.17. The van der Waals surface area contributed by atoms with Crippen molar-refractivity contribution in [3.63, 3.8) is 0 Å². The van der Waals surface area contributed by atoms with Gasteiger partial charge in [-0.05, 0) is 49.2 Å². The fourth-order valence-corrected chi connectivity index (χ4v) is 2.71. The van der Waals surface area contributed by atoms with Gasteiger partial charge < -0.3 is 15.4 Å². The molecule has 3 nitrogen and oxygen atoms in total. The number of para-hydroxylation sites is 2. The van der Waals surface area contributed by atoms with E-state index in [1.165, 1.54) is 12.1 Å². The van der Waals surface area contributed by atoms with E-state index >= 15 is 0 Å². The molecule has 2 aromatic rings. The molecule has 21 heavy (non-hydrogen) atoms. The number of rotatable bonds is 2. The Morgan fingerprint density at radius 2 is 2.00 bits per heavy atom. The molecule has 0 aliphatic carbocycles. The summed E-state index contributed by atoms with van der Waals surface area (Å²) in [5.41, 5.74) is 8.79. The van der Waals surface area contributed by atoms with Crippen molar-refractivity contribution in [1.29, 1.82) is 0 Å². The monoisotopic (exact) mass is 286 g/mol. The normalized spacial score (nSPS) is 15.9. The Morgan fingerprint density at radius 1 is 1.19 bits per heavy atom. The highest BCUT2D eigenvalue weighted by molar-refractivity contribution is 5.72. The quantitative estimate of drug-likeness (QED) is 0.913. The predicted octanol–water partition coefficient (Wildman–Crippen LogP) is 3.77. The van der Waals surface area contributed by atoms with E-state index < -0.39 is 0 Å². The molecule has 0 saturated carbocycles. The van der Waals surface area contributed by atoms with E-state index in [0.717, 1.165) is 35.7 Å². The largest absolute Gasteiger partial charge is 0.491 e. The maximum Gasteiger partial charge on any atom is 0.142 e. The number of anilines is 2. The summed E-state index contributed by atoms with van der Waals surface area (Å²) in [6, 6.07) is 12.5. The highest BCUT2D eigenvalue weighted by Crippen LogP contribution is 2.38. The van der Waals surface area contributed by atoms with Gasteiger partial charge in [0.05, 0.1) is 12.3 Å². The highest BCUT2D eigenvalue weighted by atomic mass is 19.1. The van der Waals surface area contributed by atoms with Gasteiger partial charge in [0.2, 0.25) is 0 Å². The Labute approximate surface area is 124 Å². The summed E-state index contributed by atoms with van der Waals surface area (Å²) in [7, 11) is 0. The Kier molecular flexibility index (Phi) is 3.80. The topological polar surface area (TPSA) is 38.5 Å². The smallest absolute Gasteiger partial charge is 0.142 e. The number of nitrogens with zero attached hydrogens (tertiary/aromatic N) is 1. The number of hydrogen-bond donors (Lipinski definition) is 1. The second-order valence-corrected chi connectivity index (χ2v) is 5.31. The summed E-state index contributed by atoms with van der Waals surface area (Å²) < 4.78 is 19.3. The first kappa shape index (κ1) is 13.9. The molecule has 1 heterocycles. The van der Waals surface area contributed by atoms with Gasteiger partial charge in [-0.3, -0.25) is 0 Å². The molecule has 0 fully saturated rings. The van der Waals surface area contributed by atoms with Crippen LogP contribution in [-0.4, -0.2) is 13.2 Å². The molecule has 0 unspecified atom stereocenters. The number of nitrogens with two attached hydrogens (primary N) is 1. The molecule has 0 aromatic heterocycles. The van der Waals surface area contributed by atoms with Gasteiger partial charge >= 0.3 is 0 Å². The van der Waals surface area contributed by atoms with Crippen LogP contribution >= 0.6 is 0 Å². The van der Waals surface area contributed by atoms with Crippen molar-refractivity contribution in [3.8, 4) is 5.75 Å². The van der Waals surface area contributed by atoms with E-state index in [1.54, 1.807) is 6.07 Å². The van der Waals surface area contributed by atoms with Crippen LogP contribution in [0.5, 0.6) is 5.75 Å². The Bertz CT molecular complexity index is 642. The first-order valence-electron chi connectivity index (χ1n) is 7.21. The summed E-state index contributed by atoms with van der Waals surface area (Å²) in [6.07, 6.45) is 0.907. The van der Waals surface area contributed by atoms with Gasteiger partial charge in [-0.15, -0.1) is 0 Å². The first-order chi connectivity index (χ1) is 10.2. The van der Waals surface area contributed by atoms with Crippen molar-refractivity contribution in [2.75, 3.05) is 18.1 Å². The standard InChI is InChI=1S/C17H19FN2O/c1-12(19)14-11-13(18)7-8-15(14)20-9-4-10-21-17-6-3-2-5-16(17)20/h2-3,5-8,11-12H,4,9-10,19H2,1H3/t12-/m0/s1. The van der Waals surface area contributed by atoms with Crippen LogP contribution in [0.3, 0.4) is 0 Å². The van der Waals surface area contributed by atoms with Gasteiger partial charge in [0.25, 0.3) is 0 Å². The molecule has 4 heteroatoms. The summed E-state index contributed by atoms with van der Waals surface area (Å²) in [5, 5.41) is 0. The third kappa shape index (κ3) is 2.72. The summed E-state index contributed by atoms with van der Waals surface area (Å²) in [6.45, 7) is 3.38. The van der Waals surface area contributed by atoms with Gasteiger partial charge in [-0.1, -0.05) is 12.1 Å². The van der Waals surface area contributed by atoms with Crippen molar-refractivity contribution in [2.24, 2.45) is 5.73 Å². The van der Waals surface area contributed by atoms with Crippen molar-refractivity contribution in [1.82, 2.24) is 0 Å². The lowest BCUT2D eigenvalue weighted by Crippen LogP contribution is -2.21. The minimum Gasteiger partial charge on any atom is -0.491 e. The number of ether oxygens (including phenoxy) is 1. The number of halogens is 1. The molecule has 110 valence electrons. The fourth-order valence-electron chi connectivity index (χ4n) is 2.71. The van der Waals surface area contributed by atoms with Gasteiger partial charge in [0.15, 0.2) is 0 Å². The average molecular weight is 286 g/mol. The molecule has 0 amide bonds. The zero-order chi connectivity index (χ0) is 14.8. The van der Waals surface area contributed by atoms with E-state index in [4.69, 9.17) is 10.5 Å². The Morgan fingerprint density at radius 3 is 2.81 bits per heavy atom. The van der Waals surface area contributed by atoms with E-state index in [-0.39, 0.29) is 11.9 Å². The van der Waals surface area contributed by atoms with Crippen LogP contribution < -0.4 is 15.4 Å². The zero-order valence-electron chi connectivity index (χ0n) is 12.1. The van der Waals surface area contributed by atoms with E-state index in [0.29, 0.717) is 6.61 Å². The first-order valence-corrected chi connectivity index (χ1v) is 7.21. The summed E-state index contributed by atoms with van der Waals surface area (Å²) >= 11 is 0. The van der Waals surface area contributed by atoms with Crippen molar-refractivity contribution in [3.05, 3.63) is 53.8 Å². The third-order valence-electron chi connectivity index (χ3n) is 3.71. The predicted molar refractivity (Wildman–Crippen MR) is 82.6 cm³/mol. The maximum atomic E-state index is 13.6. The molecule has 1 aliphatic heterocycles. The van der Waals surface area contributed by atoms with Crippen LogP contribution in [0.15, 0.2) is 42.5 Å². The van der Waals surface area contributed by atoms with Crippen molar-refractivity contribution in [2.45, 2.75) is 19.4 Å². The van der Waals surface area contributed by atoms with Crippen LogP contribution in [0.4, 0.5) is 15.8 Å². The van der Waals surface area contributed by atoms with Crippen LogP contribution in [-0.2, 0) is 0 Å². The Balaban J connectivity index is 2.12. The van der Waals surface area contributed by atoms with Crippen LogP contribution in [0.2, 0.25) is 0 Å². The maximum absolute atomic E-state index is 13.6. The van der Waals surface area contributed by atoms with Crippen molar-refractivity contribution < 1.29 is 9.13 Å². The van der Waals surface area contributed by atoms with Crippen LogP contribution in [0.1, 0.15) is 24.9 Å². The van der Waals surface area contributed by atoms with Crippen LogP contribution in [0, 0.1) is 5.82 Å². The molecule has 0 spiro atoms. The molecule has 1 aliphatic rings. The molecule has 2 aromatic carbocycles. The highest BCUT2D eigenvalue weighted by Gasteiger charge is 2.21. The molecular weight excluding hydrogens is 267 g/mol. The van der Waals surface area contributed by atoms with E-state index in [9.17, 15) is 4.39 Å². The molecular formula is C17H19FN2O. The molecule has 3 rings (SSSR count). The molecule has 0 radical (unpaired) electrons. The lowest BCUT2D eigenvalue weighted by atomic mass is 10.0. The lowest BCUT2D eigenvalue weighted by Gasteiger charge is -2.27. The number of fused-ring (bicyclic) bond motifs is 1. The lowest BCUT2D eigenvalue weighted by molar-refractivity contribution is 0.322. The molecule has 0 saturated heterocycles. The van der Waals surface area contributed by atoms with Gasteiger partial charge in [-0.2, -0.15) is 0 Å². The molecule has 2 N–H and O–H groups in total. The van der Waals surface area contributed by atoms with Gasteiger partial charge in [-0.25, -0.2) is 4.39 Å². The minimum absolute atomic E-state index is 0.230.